The Morgan fingerprint density at radius 1 is 0.868 bits per heavy atom. The Morgan fingerprint density at radius 2 is 1.63 bits per heavy atom. The lowest BCUT2D eigenvalue weighted by atomic mass is 10.2. The second-order valence-electron chi connectivity index (χ2n) is 7.76. The van der Waals surface area contributed by atoms with Gasteiger partial charge in [0.15, 0.2) is 11.5 Å². The van der Waals surface area contributed by atoms with Crippen LogP contribution < -0.4 is 29.7 Å². The van der Waals surface area contributed by atoms with Gasteiger partial charge in [0.1, 0.15) is 11.5 Å². The molecule has 0 saturated heterocycles. The van der Waals surface area contributed by atoms with E-state index in [0.717, 1.165) is 6.42 Å². The minimum Gasteiger partial charge on any atom is -0.495 e. The second-order valence-corrected chi connectivity index (χ2v) is 7.76. The predicted octanol–water partition coefficient (Wildman–Crippen LogP) is 4.19. The quantitative estimate of drug-likeness (QED) is 0.128. The minimum absolute atomic E-state index is 0.223. The molecule has 0 atom stereocenters. The number of hydrazone groups is 1. The molecule has 0 aliphatic heterocycles. The Morgan fingerprint density at radius 3 is 2.34 bits per heavy atom. The van der Waals surface area contributed by atoms with Gasteiger partial charge >= 0.3 is 17.8 Å². The van der Waals surface area contributed by atoms with Gasteiger partial charge in [0.05, 0.1) is 37.8 Å². The van der Waals surface area contributed by atoms with Crippen LogP contribution in [0.2, 0.25) is 0 Å². The molecule has 2 amide bonds. The van der Waals surface area contributed by atoms with E-state index in [4.69, 9.17) is 18.9 Å². The highest BCUT2D eigenvalue weighted by Gasteiger charge is 2.16. The number of benzene rings is 3. The largest absolute Gasteiger partial charge is 0.495 e. The molecule has 0 bridgehead atoms. The van der Waals surface area contributed by atoms with Crippen LogP contribution in [0.15, 0.2) is 71.8 Å². The molecule has 0 spiro atoms. The van der Waals surface area contributed by atoms with Crippen LogP contribution in [0, 0.1) is 0 Å². The van der Waals surface area contributed by atoms with Crippen LogP contribution in [0.5, 0.6) is 23.0 Å². The number of carbonyl (C=O) groups excluding carboxylic acids is 3. The van der Waals surface area contributed by atoms with E-state index in [1.54, 1.807) is 73.7 Å². The normalized spacial score (nSPS) is 10.5. The summed E-state index contributed by atoms with van der Waals surface area (Å²) in [7, 11) is 1.46. The van der Waals surface area contributed by atoms with E-state index in [-0.39, 0.29) is 5.75 Å². The van der Waals surface area contributed by atoms with Gasteiger partial charge in [-0.1, -0.05) is 19.1 Å². The third-order valence-electron chi connectivity index (χ3n) is 4.97. The van der Waals surface area contributed by atoms with Crippen molar-refractivity contribution in [2.45, 2.75) is 20.3 Å². The molecule has 0 saturated carbocycles. The SMILES string of the molecule is CCCOc1ccc(C(=O)Oc2ccc(/C=N\NC(=O)C(=O)Nc3ccccc3OC)cc2OCC)cc1. The van der Waals surface area contributed by atoms with Gasteiger partial charge in [-0.15, -0.1) is 0 Å². The number of anilines is 1. The number of para-hydroxylation sites is 2. The van der Waals surface area contributed by atoms with Gasteiger partial charge in [0.25, 0.3) is 0 Å². The summed E-state index contributed by atoms with van der Waals surface area (Å²) in [6.45, 7) is 4.73. The topological polar surface area (TPSA) is 125 Å². The number of hydrogen-bond donors (Lipinski definition) is 2. The maximum Gasteiger partial charge on any atom is 0.343 e. The van der Waals surface area contributed by atoms with Crippen molar-refractivity contribution >= 4 is 29.7 Å². The van der Waals surface area contributed by atoms with Crippen LogP contribution in [0.4, 0.5) is 5.69 Å². The van der Waals surface area contributed by atoms with E-state index in [2.05, 4.69) is 15.8 Å². The van der Waals surface area contributed by atoms with Crippen molar-refractivity contribution in [2.75, 3.05) is 25.6 Å². The molecular weight excluding hydrogens is 490 g/mol. The number of hydrogen-bond acceptors (Lipinski definition) is 8. The molecule has 2 N–H and O–H groups in total. The number of esters is 1. The number of ether oxygens (including phenoxy) is 4. The van der Waals surface area contributed by atoms with E-state index in [1.807, 2.05) is 6.92 Å². The van der Waals surface area contributed by atoms with Crippen molar-refractivity contribution in [3.63, 3.8) is 0 Å². The van der Waals surface area contributed by atoms with Crippen LogP contribution in [-0.4, -0.2) is 44.3 Å². The summed E-state index contributed by atoms with van der Waals surface area (Å²) in [4.78, 5) is 36.9. The summed E-state index contributed by atoms with van der Waals surface area (Å²) in [5.74, 6) is -0.801. The lowest BCUT2D eigenvalue weighted by Gasteiger charge is -2.12. The highest BCUT2D eigenvalue weighted by atomic mass is 16.6. The Bertz CT molecular complexity index is 1290. The molecule has 0 fully saturated rings. The molecule has 0 radical (unpaired) electrons. The van der Waals surface area contributed by atoms with Gasteiger partial charge in [0, 0.05) is 0 Å². The average molecular weight is 520 g/mol. The standard InChI is InChI=1S/C28H29N3O7/c1-4-16-37-21-13-11-20(12-14-21)28(34)38-24-15-10-19(17-25(24)36-5-2)18-29-31-27(33)26(32)30-22-8-6-7-9-23(22)35-3/h6-15,17-18H,4-5,16H2,1-3H3,(H,30,32)(H,31,33)/b29-18-. The molecule has 0 aromatic heterocycles. The zero-order valence-electron chi connectivity index (χ0n) is 21.4. The molecule has 0 aliphatic carbocycles. The van der Waals surface area contributed by atoms with E-state index in [1.165, 1.54) is 13.3 Å². The summed E-state index contributed by atoms with van der Waals surface area (Å²) in [5, 5.41) is 6.29. The molecule has 38 heavy (non-hydrogen) atoms. The zero-order chi connectivity index (χ0) is 27.3. The maximum absolute atomic E-state index is 12.6. The van der Waals surface area contributed by atoms with Crippen molar-refractivity contribution in [1.82, 2.24) is 5.43 Å². The predicted molar refractivity (Wildman–Crippen MR) is 142 cm³/mol. The molecule has 3 aromatic rings. The van der Waals surface area contributed by atoms with Gasteiger partial charge in [-0.3, -0.25) is 9.59 Å². The summed E-state index contributed by atoms with van der Waals surface area (Å²) in [6.07, 6.45) is 2.22. The zero-order valence-corrected chi connectivity index (χ0v) is 21.4. The first-order chi connectivity index (χ1) is 18.4. The first-order valence-corrected chi connectivity index (χ1v) is 11.9. The fourth-order valence-corrected chi connectivity index (χ4v) is 3.17. The van der Waals surface area contributed by atoms with Crippen molar-refractivity contribution < 1.29 is 33.3 Å². The van der Waals surface area contributed by atoms with Gasteiger partial charge in [-0.05, 0) is 73.5 Å². The lowest BCUT2D eigenvalue weighted by molar-refractivity contribution is -0.136. The molecule has 10 nitrogen and oxygen atoms in total. The molecular formula is C28H29N3O7. The molecule has 0 aliphatic rings. The van der Waals surface area contributed by atoms with E-state index in [0.29, 0.717) is 47.3 Å². The number of carbonyl (C=O) groups is 3. The summed E-state index contributed by atoms with van der Waals surface area (Å²) in [6, 6.07) is 18.1. The number of nitrogens with zero attached hydrogens (tertiary/aromatic N) is 1. The van der Waals surface area contributed by atoms with Gasteiger partial charge in [-0.2, -0.15) is 5.10 Å². The number of nitrogens with one attached hydrogen (secondary N) is 2. The molecule has 10 heteroatoms. The number of amides is 2. The van der Waals surface area contributed by atoms with E-state index in [9.17, 15) is 14.4 Å². The first kappa shape index (κ1) is 27.7. The monoisotopic (exact) mass is 519 g/mol. The molecule has 3 rings (SSSR count). The summed E-state index contributed by atoms with van der Waals surface area (Å²) < 4.78 is 21.8. The Hall–Kier alpha value is -4.86. The third kappa shape index (κ3) is 7.82. The fraction of sp³-hybridized carbons (Fsp3) is 0.214. The Labute approximate surface area is 220 Å². The van der Waals surface area contributed by atoms with Gasteiger partial charge < -0.3 is 24.3 Å². The molecule has 198 valence electrons. The van der Waals surface area contributed by atoms with Crippen LogP contribution in [0.25, 0.3) is 0 Å². The highest BCUT2D eigenvalue weighted by molar-refractivity contribution is 6.39. The van der Waals surface area contributed by atoms with Gasteiger partial charge in [0.2, 0.25) is 0 Å². The summed E-state index contributed by atoms with van der Waals surface area (Å²) >= 11 is 0. The first-order valence-electron chi connectivity index (χ1n) is 11.9. The molecule has 0 unspecified atom stereocenters. The third-order valence-corrected chi connectivity index (χ3v) is 4.97. The smallest absolute Gasteiger partial charge is 0.343 e. The second kappa shape index (κ2) is 14.0. The number of rotatable bonds is 11. The van der Waals surface area contributed by atoms with Crippen LogP contribution in [-0.2, 0) is 9.59 Å². The van der Waals surface area contributed by atoms with Crippen LogP contribution in [0.3, 0.4) is 0 Å². The maximum atomic E-state index is 12.6. The summed E-state index contributed by atoms with van der Waals surface area (Å²) in [5.41, 5.74) is 3.42. The van der Waals surface area contributed by atoms with Gasteiger partial charge in [-0.25, -0.2) is 10.2 Å². The van der Waals surface area contributed by atoms with Crippen molar-refractivity contribution in [3.05, 3.63) is 77.9 Å². The number of methoxy groups -OCH3 is 1. The molecule has 0 heterocycles. The van der Waals surface area contributed by atoms with Crippen molar-refractivity contribution in [2.24, 2.45) is 5.10 Å². The minimum atomic E-state index is -0.964. The Kier molecular flexibility index (Phi) is 10.2. The fourth-order valence-electron chi connectivity index (χ4n) is 3.17. The van der Waals surface area contributed by atoms with E-state index >= 15 is 0 Å². The van der Waals surface area contributed by atoms with E-state index < -0.39 is 17.8 Å². The van der Waals surface area contributed by atoms with Crippen LogP contribution >= 0.6 is 0 Å². The van der Waals surface area contributed by atoms with Crippen LogP contribution in [0.1, 0.15) is 36.2 Å². The van der Waals surface area contributed by atoms with Crippen molar-refractivity contribution in [1.29, 1.82) is 0 Å². The molecule has 3 aromatic carbocycles. The lowest BCUT2D eigenvalue weighted by Crippen LogP contribution is -2.32. The van der Waals surface area contributed by atoms with Crippen molar-refractivity contribution in [3.8, 4) is 23.0 Å². The Balaban J connectivity index is 1.62. The average Bonchev–Trinajstić information content (AvgIpc) is 2.93. The highest BCUT2D eigenvalue weighted by Crippen LogP contribution is 2.29.